The first-order valence-corrected chi connectivity index (χ1v) is 24.5. The van der Waals surface area contributed by atoms with E-state index in [1.54, 1.807) is 7.11 Å². The molecule has 11 aromatic carbocycles. The van der Waals surface area contributed by atoms with E-state index >= 15 is 4.57 Å². The van der Waals surface area contributed by atoms with Crippen LogP contribution in [0.25, 0.3) is 32.3 Å². The van der Waals surface area contributed by atoms with Crippen molar-refractivity contribution in [1.29, 1.82) is 0 Å². The Bertz CT molecular complexity index is 3610. The summed E-state index contributed by atoms with van der Waals surface area (Å²) in [6.07, 6.45) is 0. The van der Waals surface area contributed by atoms with E-state index in [1.807, 2.05) is 110 Å². The predicted octanol–water partition coefficient (Wildman–Crippen LogP) is 15.8. The minimum absolute atomic E-state index is 0.663. The van der Waals surface area contributed by atoms with E-state index in [9.17, 15) is 0 Å². The molecule has 0 heterocycles. The molecular weight excluding hydrogens is 852 g/mol. The third-order valence-corrected chi connectivity index (χ3v) is 15.8. The molecule has 11 rings (SSSR count). The number of hydrogen-bond donors (Lipinski definition) is 0. The molecule has 0 amide bonds. The summed E-state index contributed by atoms with van der Waals surface area (Å²) < 4.78 is 27.0. The third-order valence-electron chi connectivity index (χ3n) is 12.7. The summed E-state index contributed by atoms with van der Waals surface area (Å²) in [5.74, 6) is 2.17. The van der Waals surface area contributed by atoms with Gasteiger partial charge in [-0.05, 0) is 161 Å². The molecule has 0 aromatic heterocycles. The molecule has 68 heavy (non-hydrogen) atoms. The summed E-state index contributed by atoms with van der Waals surface area (Å²) in [6.45, 7) is 2.04. The number of ether oxygens (including phenoxy) is 2. The maximum absolute atomic E-state index is 15.0. The number of hydrogen-bond acceptors (Lipinski definition) is 5. The van der Waals surface area contributed by atoms with Crippen LogP contribution in [0.5, 0.6) is 17.2 Å². The van der Waals surface area contributed by atoms with Crippen LogP contribution in [0.1, 0.15) is 5.56 Å². The summed E-state index contributed by atoms with van der Waals surface area (Å²) in [4.78, 5) is 4.59. The molecule has 5 nitrogen and oxygen atoms in total. The van der Waals surface area contributed by atoms with Gasteiger partial charge in [-0.1, -0.05) is 133 Å². The SMILES string of the molecule is COc1ccc(N(c2ccc3ccccc3c2)c2ccc3cc(N(c4ccc(Oc5ccc(P(=O)(c6ccccc6)c6ccc(C)cc6)cc5)cc4)c4ccc5ccccc5c4)ccc3c2)cc1. The van der Waals surface area contributed by atoms with Gasteiger partial charge in [-0.15, -0.1) is 0 Å². The fourth-order valence-electron chi connectivity index (χ4n) is 9.12. The molecule has 11 aromatic rings. The van der Waals surface area contributed by atoms with Gasteiger partial charge in [0.05, 0.1) is 7.11 Å². The molecule has 0 aliphatic rings. The second kappa shape index (κ2) is 18.1. The van der Waals surface area contributed by atoms with Gasteiger partial charge in [-0.25, -0.2) is 0 Å². The average Bonchev–Trinajstić information content (AvgIpc) is 3.40. The second-order valence-electron chi connectivity index (χ2n) is 17.0. The van der Waals surface area contributed by atoms with Crippen molar-refractivity contribution in [3.63, 3.8) is 0 Å². The highest BCUT2D eigenvalue weighted by Crippen LogP contribution is 2.44. The molecule has 0 radical (unpaired) electrons. The minimum atomic E-state index is -3.12. The molecule has 1 unspecified atom stereocenters. The number of anilines is 6. The second-order valence-corrected chi connectivity index (χ2v) is 19.8. The lowest BCUT2D eigenvalue weighted by Crippen LogP contribution is -2.24. The van der Waals surface area contributed by atoms with Crippen LogP contribution in [-0.4, -0.2) is 7.11 Å². The largest absolute Gasteiger partial charge is 0.497 e. The molecule has 6 heteroatoms. The number of aryl methyl sites for hydroxylation is 1. The Morgan fingerprint density at radius 2 is 0.647 bits per heavy atom. The Morgan fingerprint density at radius 3 is 1.09 bits per heavy atom. The summed E-state index contributed by atoms with van der Waals surface area (Å²) in [5, 5.41) is 9.33. The zero-order valence-corrected chi connectivity index (χ0v) is 38.6. The van der Waals surface area contributed by atoms with Crippen molar-refractivity contribution in [2.45, 2.75) is 6.92 Å². The van der Waals surface area contributed by atoms with Gasteiger partial charge in [-0.2, -0.15) is 0 Å². The number of methoxy groups -OCH3 is 1. The summed E-state index contributed by atoms with van der Waals surface area (Å²) in [7, 11) is -1.42. The predicted molar refractivity (Wildman–Crippen MR) is 286 cm³/mol. The lowest BCUT2D eigenvalue weighted by molar-refractivity contribution is 0.415. The highest BCUT2D eigenvalue weighted by atomic mass is 31.2. The minimum Gasteiger partial charge on any atom is -0.497 e. The van der Waals surface area contributed by atoms with Gasteiger partial charge < -0.3 is 23.8 Å². The van der Waals surface area contributed by atoms with Gasteiger partial charge in [0.15, 0.2) is 7.14 Å². The molecule has 328 valence electrons. The van der Waals surface area contributed by atoms with Gasteiger partial charge >= 0.3 is 0 Å². The first-order chi connectivity index (χ1) is 33.4. The Kier molecular flexibility index (Phi) is 11.3. The molecule has 0 N–H and O–H groups in total. The molecule has 1 atom stereocenters. The smallest absolute Gasteiger partial charge is 0.171 e. The third kappa shape index (κ3) is 8.25. The standard InChI is InChI=1S/C62H47N2O3P/c1-44-16-36-61(37-17-44)68(65,60-14-4-3-5-15-60)62-38-34-59(35-39-62)67-58-32-28-52(29-33-58)64(54-23-19-46-11-7-9-13-48(46)41-54)56-25-21-49-42-55(24-20-50(49)43-56)63(51-26-30-57(66-2)31-27-51)53-22-18-45-10-6-8-12-47(45)40-53/h3-43H,1-2H3. The maximum atomic E-state index is 15.0. The molecule has 0 fully saturated rings. The van der Waals surface area contributed by atoms with Crippen LogP contribution in [0.3, 0.4) is 0 Å². The first kappa shape index (κ1) is 42.3. The molecule has 0 saturated carbocycles. The number of nitrogens with zero attached hydrogens (tertiary/aromatic N) is 2. The van der Waals surface area contributed by atoms with Crippen molar-refractivity contribution in [3.8, 4) is 17.2 Å². The van der Waals surface area contributed by atoms with E-state index in [1.165, 1.54) is 16.2 Å². The van der Waals surface area contributed by atoms with Crippen LogP contribution >= 0.6 is 7.14 Å². The van der Waals surface area contributed by atoms with Crippen molar-refractivity contribution in [3.05, 3.63) is 254 Å². The lowest BCUT2D eigenvalue weighted by Gasteiger charge is -2.27. The Morgan fingerprint density at radius 1 is 0.324 bits per heavy atom. The quantitative estimate of drug-likeness (QED) is 0.114. The summed E-state index contributed by atoms with van der Waals surface area (Å²) in [5.41, 5.74) is 7.35. The van der Waals surface area contributed by atoms with E-state index in [0.29, 0.717) is 11.5 Å². The number of fused-ring (bicyclic) bond motifs is 3. The number of rotatable bonds is 12. The molecule has 0 bridgehead atoms. The maximum Gasteiger partial charge on any atom is 0.171 e. The van der Waals surface area contributed by atoms with E-state index in [-0.39, 0.29) is 0 Å². The van der Waals surface area contributed by atoms with Crippen LogP contribution in [0.15, 0.2) is 249 Å². The lowest BCUT2D eigenvalue weighted by atomic mass is 10.0. The molecule has 0 aliphatic carbocycles. The topological polar surface area (TPSA) is 42.0 Å². The molecule has 0 saturated heterocycles. The van der Waals surface area contributed by atoms with Crippen LogP contribution in [-0.2, 0) is 4.57 Å². The van der Waals surface area contributed by atoms with E-state index in [2.05, 4.69) is 155 Å². The van der Waals surface area contributed by atoms with Crippen LogP contribution < -0.4 is 35.2 Å². The van der Waals surface area contributed by atoms with E-state index < -0.39 is 7.14 Å². The first-order valence-electron chi connectivity index (χ1n) is 22.8. The monoisotopic (exact) mass is 898 g/mol. The van der Waals surface area contributed by atoms with E-state index in [4.69, 9.17) is 9.47 Å². The summed E-state index contributed by atoms with van der Waals surface area (Å²) >= 11 is 0. The van der Waals surface area contributed by atoms with Crippen molar-refractivity contribution < 1.29 is 14.0 Å². The Labute approximate surface area is 397 Å². The van der Waals surface area contributed by atoms with Crippen molar-refractivity contribution in [1.82, 2.24) is 0 Å². The summed E-state index contributed by atoms with van der Waals surface area (Å²) in [6, 6.07) is 85.4. The molecule has 0 spiro atoms. The Hall–Kier alpha value is -8.37. The van der Waals surface area contributed by atoms with Gasteiger partial charge in [0.25, 0.3) is 0 Å². The van der Waals surface area contributed by atoms with Gasteiger partial charge in [0, 0.05) is 50.0 Å². The fourth-order valence-corrected chi connectivity index (χ4v) is 11.7. The van der Waals surface area contributed by atoms with Crippen LogP contribution in [0.4, 0.5) is 34.1 Å². The van der Waals surface area contributed by atoms with Crippen molar-refractivity contribution in [2.24, 2.45) is 0 Å². The highest BCUT2D eigenvalue weighted by molar-refractivity contribution is 7.85. The average molecular weight is 899 g/mol. The molecular formula is C62H47N2O3P. The van der Waals surface area contributed by atoms with E-state index in [0.717, 1.165) is 77.5 Å². The zero-order chi connectivity index (χ0) is 46.0. The van der Waals surface area contributed by atoms with Crippen molar-refractivity contribution in [2.75, 3.05) is 16.9 Å². The fraction of sp³-hybridized carbons (Fsp3) is 0.0323. The van der Waals surface area contributed by atoms with Gasteiger partial charge in [0.2, 0.25) is 0 Å². The van der Waals surface area contributed by atoms with Gasteiger partial charge in [0.1, 0.15) is 17.2 Å². The normalized spacial score (nSPS) is 12.1. The van der Waals surface area contributed by atoms with Gasteiger partial charge in [-0.3, -0.25) is 0 Å². The van der Waals surface area contributed by atoms with Crippen molar-refractivity contribution >= 4 is 89.5 Å². The number of benzene rings is 11. The zero-order valence-electron chi connectivity index (χ0n) is 37.7. The molecule has 0 aliphatic heterocycles. The Balaban J connectivity index is 0.920. The highest BCUT2D eigenvalue weighted by Gasteiger charge is 2.29. The van der Waals surface area contributed by atoms with Crippen LogP contribution in [0.2, 0.25) is 0 Å². The van der Waals surface area contributed by atoms with Crippen LogP contribution in [0, 0.1) is 6.92 Å².